The molecule has 0 spiro atoms. The van der Waals surface area contributed by atoms with E-state index in [1.165, 1.54) is 31.5 Å². The SMILES string of the molecule is c1ccc(CCn2nnnc2CN2CCN3CCCC3C2)cc1. The van der Waals surface area contributed by atoms with E-state index in [1.807, 2.05) is 4.68 Å². The van der Waals surface area contributed by atoms with Crippen molar-refractivity contribution in [3.8, 4) is 0 Å². The second kappa shape index (κ2) is 6.76. The van der Waals surface area contributed by atoms with Crippen molar-refractivity contribution in [1.29, 1.82) is 0 Å². The lowest BCUT2D eigenvalue weighted by Gasteiger charge is -2.37. The number of hydrogen-bond donors (Lipinski definition) is 0. The van der Waals surface area contributed by atoms with Gasteiger partial charge in [-0.1, -0.05) is 30.3 Å². The van der Waals surface area contributed by atoms with Crippen LogP contribution in [-0.2, 0) is 19.5 Å². The first kappa shape index (κ1) is 14.8. The van der Waals surface area contributed by atoms with Gasteiger partial charge in [0.1, 0.15) is 0 Å². The Bertz CT molecular complexity index is 625. The Kier molecular flexibility index (Phi) is 4.35. The number of benzene rings is 1. The molecule has 1 aromatic heterocycles. The molecule has 0 radical (unpaired) electrons. The Morgan fingerprint density at radius 1 is 1.09 bits per heavy atom. The molecule has 1 aromatic carbocycles. The van der Waals surface area contributed by atoms with Gasteiger partial charge in [-0.15, -0.1) is 5.10 Å². The zero-order valence-corrected chi connectivity index (χ0v) is 13.5. The molecule has 2 aliphatic heterocycles. The molecule has 0 bridgehead atoms. The lowest BCUT2D eigenvalue weighted by Crippen LogP contribution is -2.49. The zero-order chi connectivity index (χ0) is 15.5. The summed E-state index contributed by atoms with van der Waals surface area (Å²) in [4.78, 5) is 5.14. The van der Waals surface area contributed by atoms with Crippen molar-refractivity contribution in [2.24, 2.45) is 0 Å². The highest BCUT2D eigenvalue weighted by atomic mass is 15.5. The van der Waals surface area contributed by atoms with Crippen molar-refractivity contribution in [1.82, 2.24) is 30.0 Å². The second-order valence-electron chi connectivity index (χ2n) is 6.62. The minimum Gasteiger partial charge on any atom is -0.298 e. The summed E-state index contributed by atoms with van der Waals surface area (Å²) in [6.45, 7) is 6.47. The first-order chi connectivity index (χ1) is 11.4. The van der Waals surface area contributed by atoms with Crippen LogP contribution in [0.4, 0.5) is 0 Å². The normalized spacial score (nSPS) is 22.3. The third-order valence-corrected chi connectivity index (χ3v) is 5.10. The summed E-state index contributed by atoms with van der Waals surface area (Å²) < 4.78 is 1.97. The van der Waals surface area contributed by atoms with Gasteiger partial charge in [0.2, 0.25) is 0 Å². The minimum atomic E-state index is 0.748. The fourth-order valence-electron chi connectivity index (χ4n) is 3.79. The molecule has 1 atom stereocenters. The predicted molar refractivity (Wildman–Crippen MR) is 87.8 cm³/mol. The third-order valence-electron chi connectivity index (χ3n) is 5.10. The Balaban J connectivity index is 1.35. The van der Waals surface area contributed by atoms with Crippen LogP contribution in [-0.4, -0.2) is 62.2 Å². The van der Waals surface area contributed by atoms with Crippen LogP contribution >= 0.6 is 0 Å². The molecular weight excluding hydrogens is 288 g/mol. The number of aromatic nitrogens is 4. The molecular formula is C17H24N6. The molecule has 2 aliphatic rings. The Morgan fingerprint density at radius 2 is 2.00 bits per heavy atom. The molecule has 0 amide bonds. The highest BCUT2D eigenvalue weighted by Gasteiger charge is 2.30. The van der Waals surface area contributed by atoms with Crippen molar-refractivity contribution < 1.29 is 0 Å². The molecule has 0 N–H and O–H groups in total. The summed E-state index contributed by atoms with van der Waals surface area (Å²) in [5.41, 5.74) is 1.33. The van der Waals surface area contributed by atoms with E-state index in [-0.39, 0.29) is 0 Å². The maximum Gasteiger partial charge on any atom is 0.165 e. The molecule has 4 rings (SSSR count). The largest absolute Gasteiger partial charge is 0.298 e. The van der Waals surface area contributed by atoms with E-state index >= 15 is 0 Å². The zero-order valence-electron chi connectivity index (χ0n) is 13.5. The fraction of sp³-hybridized carbons (Fsp3) is 0.588. The molecule has 0 saturated carbocycles. The molecule has 23 heavy (non-hydrogen) atoms. The van der Waals surface area contributed by atoms with Gasteiger partial charge >= 0.3 is 0 Å². The number of hydrogen-bond acceptors (Lipinski definition) is 5. The predicted octanol–water partition coefficient (Wildman–Crippen LogP) is 1.20. The molecule has 2 saturated heterocycles. The van der Waals surface area contributed by atoms with E-state index in [2.05, 4.69) is 55.7 Å². The quantitative estimate of drug-likeness (QED) is 0.830. The number of tetrazole rings is 1. The van der Waals surface area contributed by atoms with Gasteiger partial charge in [-0.3, -0.25) is 9.80 Å². The van der Waals surface area contributed by atoms with Crippen molar-refractivity contribution in [2.75, 3.05) is 26.2 Å². The summed E-state index contributed by atoms with van der Waals surface area (Å²) in [5, 5.41) is 12.3. The van der Waals surface area contributed by atoms with E-state index in [4.69, 9.17) is 0 Å². The standard InChI is InChI=1S/C17H24N6/c1-2-5-15(6-3-1)8-10-23-17(18-19-20-23)14-21-11-12-22-9-4-7-16(22)13-21/h1-3,5-6,16H,4,7-14H2. The Hall–Kier alpha value is -1.79. The smallest absolute Gasteiger partial charge is 0.165 e. The third kappa shape index (κ3) is 3.43. The van der Waals surface area contributed by atoms with Crippen LogP contribution in [0.5, 0.6) is 0 Å². The van der Waals surface area contributed by atoms with Crippen LogP contribution in [0.3, 0.4) is 0 Å². The number of fused-ring (bicyclic) bond motifs is 1. The van der Waals surface area contributed by atoms with E-state index < -0.39 is 0 Å². The number of piperazine rings is 1. The van der Waals surface area contributed by atoms with Crippen molar-refractivity contribution >= 4 is 0 Å². The van der Waals surface area contributed by atoms with E-state index in [9.17, 15) is 0 Å². The van der Waals surface area contributed by atoms with Crippen molar-refractivity contribution in [2.45, 2.75) is 38.4 Å². The first-order valence-electron chi connectivity index (χ1n) is 8.64. The monoisotopic (exact) mass is 312 g/mol. The maximum atomic E-state index is 4.25. The van der Waals surface area contributed by atoms with Crippen molar-refractivity contribution in [3.63, 3.8) is 0 Å². The highest BCUT2D eigenvalue weighted by molar-refractivity contribution is 5.14. The van der Waals surface area contributed by atoms with Crippen LogP contribution in [0.15, 0.2) is 30.3 Å². The minimum absolute atomic E-state index is 0.748. The van der Waals surface area contributed by atoms with Gasteiger partial charge in [0.25, 0.3) is 0 Å². The van der Waals surface area contributed by atoms with E-state index in [0.717, 1.165) is 44.5 Å². The number of aryl methyl sites for hydroxylation is 2. The average Bonchev–Trinajstić information content (AvgIpc) is 3.22. The topological polar surface area (TPSA) is 50.1 Å². The molecule has 122 valence electrons. The summed E-state index contributed by atoms with van der Waals surface area (Å²) in [7, 11) is 0. The maximum absolute atomic E-state index is 4.25. The summed E-state index contributed by atoms with van der Waals surface area (Å²) >= 11 is 0. The van der Waals surface area contributed by atoms with E-state index in [0.29, 0.717) is 0 Å². The van der Waals surface area contributed by atoms with Crippen LogP contribution < -0.4 is 0 Å². The van der Waals surface area contributed by atoms with Gasteiger partial charge < -0.3 is 0 Å². The summed E-state index contributed by atoms with van der Waals surface area (Å²) in [5.74, 6) is 0.993. The molecule has 3 heterocycles. The highest BCUT2D eigenvalue weighted by Crippen LogP contribution is 2.22. The number of nitrogens with zero attached hydrogens (tertiary/aromatic N) is 6. The average molecular weight is 312 g/mol. The Labute approximate surface area is 137 Å². The molecule has 2 fully saturated rings. The van der Waals surface area contributed by atoms with Gasteiger partial charge in [0.05, 0.1) is 6.54 Å². The fourth-order valence-corrected chi connectivity index (χ4v) is 3.79. The van der Waals surface area contributed by atoms with Gasteiger partial charge in [-0.2, -0.15) is 0 Å². The molecule has 6 heteroatoms. The number of rotatable bonds is 5. The summed E-state index contributed by atoms with van der Waals surface area (Å²) in [6.07, 6.45) is 3.66. The summed E-state index contributed by atoms with van der Waals surface area (Å²) in [6, 6.07) is 11.3. The van der Waals surface area contributed by atoms with Crippen LogP contribution in [0, 0.1) is 0 Å². The van der Waals surface area contributed by atoms with Crippen LogP contribution in [0.2, 0.25) is 0 Å². The first-order valence-corrected chi connectivity index (χ1v) is 8.64. The Morgan fingerprint density at radius 3 is 2.91 bits per heavy atom. The lowest BCUT2D eigenvalue weighted by molar-refractivity contribution is 0.0962. The second-order valence-corrected chi connectivity index (χ2v) is 6.62. The molecule has 1 unspecified atom stereocenters. The van der Waals surface area contributed by atoms with Crippen LogP contribution in [0.1, 0.15) is 24.2 Å². The molecule has 0 aliphatic carbocycles. The van der Waals surface area contributed by atoms with Gasteiger partial charge in [-0.25, -0.2) is 4.68 Å². The van der Waals surface area contributed by atoms with Gasteiger partial charge in [0.15, 0.2) is 5.82 Å². The van der Waals surface area contributed by atoms with E-state index in [1.54, 1.807) is 0 Å². The van der Waals surface area contributed by atoms with Gasteiger partial charge in [0, 0.05) is 32.2 Å². The van der Waals surface area contributed by atoms with Gasteiger partial charge in [-0.05, 0) is 41.8 Å². The molecule has 6 nitrogen and oxygen atoms in total. The molecule has 2 aromatic rings. The van der Waals surface area contributed by atoms with Crippen molar-refractivity contribution in [3.05, 3.63) is 41.7 Å². The van der Waals surface area contributed by atoms with Crippen LogP contribution in [0.25, 0.3) is 0 Å². The lowest BCUT2D eigenvalue weighted by atomic mass is 10.1.